The van der Waals surface area contributed by atoms with Crippen molar-refractivity contribution in [2.24, 2.45) is 0 Å². The Balaban J connectivity index is 2.88. The van der Waals surface area contributed by atoms with Crippen molar-refractivity contribution in [3.05, 3.63) is 23.7 Å². The van der Waals surface area contributed by atoms with Gasteiger partial charge in [0.15, 0.2) is 5.78 Å². The molecule has 2 heteroatoms. The molecule has 0 aromatic carbocycles. The Labute approximate surface area is 59.8 Å². The molecule has 0 unspecified atom stereocenters. The highest BCUT2D eigenvalue weighted by Gasteiger charge is 2.02. The molecule has 2 nitrogen and oxygen atoms in total. The van der Waals surface area contributed by atoms with E-state index >= 15 is 0 Å². The number of hydrogen-bond acceptors (Lipinski definition) is 2. The van der Waals surface area contributed by atoms with Gasteiger partial charge in [0.25, 0.3) is 0 Å². The van der Waals surface area contributed by atoms with Gasteiger partial charge in [-0.05, 0) is 13.0 Å². The minimum Gasteiger partial charge on any atom is -0.469 e. The zero-order valence-corrected chi connectivity index (χ0v) is 6.18. The fourth-order valence-corrected chi connectivity index (χ4v) is 0.751. The van der Waals surface area contributed by atoms with Gasteiger partial charge in [-0.3, -0.25) is 4.79 Å². The molecule has 0 aliphatic rings. The van der Waals surface area contributed by atoms with E-state index in [4.69, 9.17) is 4.42 Å². The highest BCUT2D eigenvalue weighted by molar-refractivity contribution is 5.93. The molecule has 0 saturated carbocycles. The van der Waals surface area contributed by atoms with E-state index in [-0.39, 0.29) is 5.78 Å². The first kappa shape index (κ1) is 7.06. The third kappa shape index (κ3) is 1.26. The third-order valence-electron chi connectivity index (χ3n) is 1.41. The quantitative estimate of drug-likeness (QED) is 0.585. The summed E-state index contributed by atoms with van der Waals surface area (Å²) in [7, 11) is 0. The van der Waals surface area contributed by atoms with E-state index in [0.29, 0.717) is 5.56 Å². The number of rotatable bonds is 2. The van der Waals surface area contributed by atoms with Crippen LogP contribution in [0.3, 0.4) is 0 Å². The van der Waals surface area contributed by atoms with Crippen LogP contribution in [0.5, 0.6) is 0 Å². The van der Waals surface area contributed by atoms with Crippen LogP contribution in [-0.2, 0) is 6.42 Å². The Morgan fingerprint density at radius 2 is 2.40 bits per heavy atom. The predicted octanol–water partition coefficient (Wildman–Crippen LogP) is 2.04. The lowest BCUT2D eigenvalue weighted by Crippen LogP contribution is -1.86. The second-order valence-corrected chi connectivity index (χ2v) is 2.21. The molecule has 0 atom stereocenters. The zero-order valence-electron chi connectivity index (χ0n) is 6.18. The summed E-state index contributed by atoms with van der Waals surface area (Å²) in [6.07, 6.45) is 2.34. The maximum absolute atomic E-state index is 10.7. The molecule has 1 aromatic heterocycles. The van der Waals surface area contributed by atoms with Crippen molar-refractivity contribution < 1.29 is 9.21 Å². The molecule has 0 radical (unpaired) electrons. The van der Waals surface area contributed by atoms with Crippen LogP contribution in [0.15, 0.2) is 16.7 Å². The number of carbonyl (C=O) groups is 1. The smallest absolute Gasteiger partial charge is 0.163 e. The molecule has 0 amide bonds. The van der Waals surface area contributed by atoms with Crippen molar-refractivity contribution in [2.75, 3.05) is 0 Å². The van der Waals surface area contributed by atoms with Gasteiger partial charge in [-0.15, -0.1) is 0 Å². The maximum atomic E-state index is 10.7. The molecule has 1 aromatic rings. The second-order valence-electron chi connectivity index (χ2n) is 2.21. The molecule has 1 rings (SSSR count). The summed E-state index contributed by atoms with van der Waals surface area (Å²) in [5, 5.41) is 0. The van der Waals surface area contributed by atoms with Gasteiger partial charge >= 0.3 is 0 Å². The minimum atomic E-state index is 0.0588. The number of hydrogen-bond donors (Lipinski definition) is 0. The average molecular weight is 138 g/mol. The van der Waals surface area contributed by atoms with E-state index in [1.807, 2.05) is 6.92 Å². The van der Waals surface area contributed by atoms with Crippen molar-refractivity contribution in [3.8, 4) is 0 Å². The minimum absolute atomic E-state index is 0.0588. The third-order valence-corrected chi connectivity index (χ3v) is 1.41. The number of carbonyl (C=O) groups excluding carboxylic acids is 1. The van der Waals surface area contributed by atoms with Crippen molar-refractivity contribution >= 4 is 5.78 Å². The number of furan rings is 1. The van der Waals surface area contributed by atoms with Crippen molar-refractivity contribution in [1.29, 1.82) is 0 Å². The normalized spacial score (nSPS) is 9.80. The van der Waals surface area contributed by atoms with E-state index in [0.717, 1.165) is 12.2 Å². The fraction of sp³-hybridized carbons (Fsp3) is 0.375. The highest BCUT2D eigenvalue weighted by atomic mass is 16.3. The monoisotopic (exact) mass is 138 g/mol. The number of Topliss-reactive ketones (excluding diaryl/α,β-unsaturated/α-hetero) is 1. The largest absolute Gasteiger partial charge is 0.469 e. The van der Waals surface area contributed by atoms with Crippen molar-refractivity contribution in [2.45, 2.75) is 20.3 Å². The fourth-order valence-electron chi connectivity index (χ4n) is 0.751. The second kappa shape index (κ2) is 2.69. The predicted molar refractivity (Wildman–Crippen MR) is 38.1 cm³/mol. The molecular formula is C8H10O2. The lowest BCUT2D eigenvalue weighted by atomic mass is 10.2. The van der Waals surface area contributed by atoms with Crippen LogP contribution in [-0.4, -0.2) is 5.78 Å². The van der Waals surface area contributed by atoms with Crippen molar-refractivity contribution in [1.82, 2.24) is 0 Å². The molecule has 1 heterocycles. The Bertz CT molecular complexity index is 235. The highest BCUT2D eigenvalue weighted by Crippen LogP contribution is 2.08. The molecule has 10 heavy (non-hydrogen) atoms. The van der Waals surface area contributed by atoms with Crippen LogP contribution in [0.1, 0.15) is 30.0 Å². The van der Waals surface area contributed by atoms with E-state index in [9.17, 15) is 4.79 Å². The lowest BCUT2D eigenvalue weighted by molar-refractivity contribution is 0.101. The Kier molecular flexibility index (Phi) is 1.90. The summed E-state index contributed by atoms with van der Waals surface area (Å²) >= 11 is 0. The van der Waals surface area contributed by atoms with Crippen LogP contribution < -0.4 is 0 Å². The van der Waals surface area contributed by atoms with Crippen LogP contribution in [0.25, 0.3) is 0 Å². The summed E-state index contributed by atoms with van der Waals surface area (Å²) in [4.78, 5) is 10.7. The number of ketones is 1. The molecule has 54 valence electrons. The van der Waals surface area contributed by atoms with Gasteiger partial charge in [-0.25, -0.2) is 0 Å². The Morgan fingerprint density at radius 3 is 2.70 bits per heavy atom. The molecule has 0 aliphatic heterocycles. The summed E-state index contributed by atoms with van der Waals surface area (Å²) in [5.74, 6) is 0.925. The number of aryl methyl sites for hydroxylation is 1. The van der Waals surface area contributed by atoms with Gasteiger partial charge in [0.1, 0.15) is 12.0 Å². The van der Waals surface area contributed by atoms with Gasteiger partial charge < -0.3 is 4.42 Å². The molecule has 0 aliphatic carbocycles. The average Bonchev–Trinajstić information content (AvgIpc) is 2.34. The molecule has 0 bridgehead atoms. The van der Waals surface area contributed by atoms with Crippen LogP contribution >= 0.6 is 0 Å². The lowest BCUT2D eigenvalue weighted by Gasteiger charge is -1.81. The summed E-state index contributed by atoms with van der Waals surface area (Å²) in [6.45, 7) is 3.52. The van der Waals surface area contributed by atoms with Crippen LogP contribution in [0, 0.1) is 0 Å². The first-order chi connectivity index (χ1) is 4.74. The van der Waals surface area contributed by atoms with Crippen LogP contribution in [0.4, 0.5) is 0 Å². The summed E-state index contributed by atoms with van der Waals surface area (Å²) in [6, 6.07) is 1.78. The van der Waals surface area contributed by atoms with E-state index in [1.54, 1.807) is 6.07 Å². The first-order valence-corrected chi connectivity index (χ1v) is 3.32. The first-order valence-electron chi connectivity index (χ1n) is 3.32. The van der Waals surface area contributed by atoms with Gasteiger partial charge in [0.2, 0.25) is 0 Å². The van der Waals surface area contributed by atoms with Crippen molar-refractivity contribution in [3.63, 3.8) is 0 Å². The SMILES string of the molecule is CCc1cc(C(C)=O)co1. The standard InChI is InChI=1S/C8H10O2/c1-3-8-4-7(5-10-8)6(2)9/h4-5H,3H2,1-2H3. The summed E-state index contributed by atoms with van der Waals surface area (Å²) in [5.41, 5.74) is 0.664. The van der Waals surface area contributed by atoms with Gasteiger partial charge in [-0.2, -0.15) is 0 Å². The van der Waals surface area contributed by atoms with E-state index in [2.05, 4.69) is 0 Å². The summed E-state index contributed by atoms with van der Waals surface area (Å²) < 4.78 is 5.05. The van der Waals surface area contributed by atoms with E-state index < -0.39 is 0 Å². The molecular weight excluding hydrogens is 128 g/mol. The van der Waals surface area contributed by atoms with Gasteiger partial charge in [-0.1, -0.05) is 6.92 Å². The Hall–Kier alpha value is -1.05. The molecule has 0 N–H and O–H groups in total. The molecule has 0 saturated heterocycles. The molecule has 0 fully saturated rings. The maximum Gasteiger partial charge on any atom is 0.163 e. The molecule has 0 spiro atoms. The van der Waals surface area contributed by atoms with E-state index in [1.165, 1.54) is 13.2 Å². The zero-order chi connectivity index (χ0) is 7.56. The Morgan fingerprint density at radius 1 is 1.70 bits per heavy atom. The van der Waals surface area contributed by atoms with Gasteiger partial charge in [0, 0.05) is 6.42 Å². The van der Waals surface area contributed by atoms with Crippen LogP contribution in [0.2, 0.25) is 0 Å². The topological polar surface area (TPSA) is 30.2 Å². The van der Waals surface area contributed by atoms with Gasteiger partial charge in [0.05, 0.1) is 5.56 Å².